The van der Waals surface area contributed by atoms with E-state index in [1.165, 1.54) is 12.3 Å². The van der Waals surface area contributed by atoms with Gasteiger partial charge in [-0.05, 0) is 6.08 Å². The van der Waals surface area contributed by atoms with Gasteiger partial charge in [0.2, 0.25) is 0 Å². The fourth-order valence-electron chi connectivity index (χ4n) is 0.402. The van der Waals surface area contributed by atoms with Crippen molar-refractivity contribution in [3.63, 3.8) is 0 Å². The van der Waals surface area contributed by atoms with Crippen LogP contribution in [-0.2, 0) is 4.79 Å². The average molecular weight is 156 g/mol. The van der Waals surface area contributed by atoms with Crippen LogP contribution < -0.4 is 0 Å². The second-order valence-electron chi connectivity index (χ2n) is 1.50. The molecular formula is C5H4N2O2S. The Morgan fingerprint density at radius 2 is 2.60 bits per heavy atom. The fraction of sp³-hybridized carbons (Fsp3) is 0. The number of aromatic nitrogens is 2. The molecule has 1 N–H and O–H groups in total. The van der Waals surface area contributed by atoms with Gasteiger partial charge in [-0.25, -0.2) is 4.79 Å². The lowest BCUT2D eigenvalue weighted by Crippen LogP contribution is -1.85. The molecule has 0 radical (unpaired) electrons. The SMILES string of the molecule is O=C(O)/C=C/c1cnsn1. The largest absolute Gasteiger partial charge is 0.478 e. The molecule has 5 heteroatoms. The summed E-state index contributed by atoms with van der Waals surface area (Å²) >= 11 is 1.05. The average Bonchev–Trinajstić information content (AvgIpc) is 2.34. The molecular weight excluding hydrogens is 152 g/mol. The van der Waals surface area contributed by atoms with E-state index in [9.17, 15) is 4.79 Å². The summed E-state index contributed by atoms with van der Waals surface area (Å²) in [6.45, 7) is 0. The highest BCUT2D eigenvalue weighted by Crippen LogP contribution is 1.96. The van der Waals surface area contributed by atoms with E-state index in [1.807, 2.05) is 0 Å². The minimum atomic E-state index is -0.979. The Hall–Kier alpha value is -1.23. The van der Waals surface area contributed by atoms with Crippen LogP contribution in [-0.4, -0.2) is 19.8 Å². The minimum Gasteiger partial charge on any atom is -0.478 e. The molecule has 0 saturated heterocycles. The summed E-state index contributed by atoms with van der Waals surface area (Å²) in [7, 11) is 0. The molecule has 0 fully saturated rings. The minimum absolute atomic E-state index is 0.576. The third-order valence-electron chi connectivity index (χ3n) is 0.775. The van der Waals surface area contributed by atoms with Crippen LogP contribution in [0, 0.1) is 0 Å². The van der Waals surface area contributed by atoms with E-state index in [4.69, 9.17) is 5.11 Å². The van der Waals surface area contributed by atoms with Crippen molar-refractivity contribution in [3.05, 3.63) is 18.0 Å². The Bertz CT molecular complexity index is 242. The number of carboxylic acid groups (broad SMARTS) is 1. The summed E-state index contributed by atoms with van der Waals surface area (Å²) in [5, 5.41) is 8.18. The summed E-state index contributed by atoms with van der Waals surface area (Å²) in [4.78, 5) is 9.96. The van der Waals surface area contributed by atoms with E-state index >= 15 is 0 Å². The maximum Gasteiger partial charge on any atom is 0.328 e. The van der Waals surface area contributed by atoms with Gasteiger partial charge in [0.15, 0.2) is 0 Å². The van der Waals surface area contributed by atoms with Crippen molar-refractivity contribution < 1.29 is 9.90 Å². The topological polar surface area (TPSA) is 63.1 Å². The highest BCUT2D eigenvalue weighted by Gasteiger charge is 1.89. The summed E-state index contributed by atoms with van der Waals surface area (Å²) in [6.07, 6.45) is 3.92. The lowest BCUT2D eigenvalue weighted by atomic mass is 10.4. The van der Waals surface area contributed by atoms with E-state index in [2.05, 4.69) is 8.75 Å². The second kappa shape index (κ2) is 3.07. The van der Waals surface area contributed by atoms with Crippen molar-refractivity contribution in [2.75, 3.05) is 0 Å². The molecule has 1 aromatic heterocycles. The van der Waals surface area contributed by atoms with Crippen molar-refractivity contribution in [2.24, 2.45) is 0 Å². The molecule has 0 aliphatic rings. The number of nitrogens with zero attached hydrogens (tertiary/aromatic N) is 2. The molecule has 1 heterocycles. The number of carbonyl (C=O) groups is 1. The van der Waals surface area contributed by atoms with Crippen LogP contribution >= 0.6 is 11.7 Å². The first kappa shape index (κ1) is 6.88. The lowest BCUT2D eigenvalue weighted by Gasteiger charge is -1.76. The third-order valence-corrected chi connectivity index (χ3v) is 1.27. The zero-order valence-corrected chi connectivity index (χ0v) is 5.71. The highest BCUT2D eigenvalue weighted by molar-refractivity contribution is 6.99. The maximum absolute atomic E-state index is 9.96. The monoisotopic (exact) mass is 156 g/mol. The molecule has 1 rings (SSSR count). The van der Waals surface area contributed by atoms with Gasteiger partial charge < -0.3 is 5.11 Å². The fourth-order valence-corrected chi connectivity index (χ4v) is 0.807. The molecule has 0 amide bonds. The van der Waals surface area contributed by atoms with E-state index in [1.54, 1.807) is 0 Å². The molecule has 0 saturated carbocycles. The molecule has 0 aliphatic heterocycles. The van der Waals surface area contributed by atoms with Gasteiger partial charge in [0.1, 0.15) is 0 Å². The predicted octanol–water partition coefficient (Wildman–Crippen LogP) is 0.636. The van der Waals surface area contributed by atoms with Crippen molar-refractivity contribution >= 4 is 23.8 Å². The quantitative estimate of drug-likeness (QED) is 0.638. The van der Waals surface area contributed by atoms with Crippen LogP contribution in [0.25, 0.3) is 6.08 Å². The summed E-state index contributed by atoms with van der Waals surface area (Å²) in [5.74, 6) is -0.979. The highest BCUT2D eigenvalue weighted by atomic mass is 32.1. The summed E-state index contributed by atoms with van der Waals surface area (Å²) < 4.78 is 7.46. The zero-order chi connectivity index (χ0) is 7.40. The van der Waals surface area contributed by atoms with Gasteiger partial charge in [0.25, 0.3) is 0 Å². The van der Waals surface area contributed by atoms with Crippen LogP contribution in [0.15, 0.2) is 12.3 Å². The van der Waals surface area contributed by atoms with Gasteiger partial charge in [-0.3, -0.25) is 0 Å². The van der Waals surface area contributed by atoms with Crippen LogP contribution in [0.4, 0.5) is 0 Å². The van der Waals surface area contributed by atoms with E-state index in [0.717, 1.165) is 17.8 Å². The lowest BCUT2D eigenvalue weighted by molar-refractivity contribution is -0.131. The van der Waals surface area contributed by atoms with Crippen LogP contribution in [0.1, 0.15) is 5.69 Å². The number of hydrogen-bond donors (Lipinski definition) is 1. The number of hydrogen-bond acceptors (Lipinski definition) is 4. The van der Waals surface area contributed by atoms with Gasteiger partial charge in [0.05, 0.1) is 23.6 Å². The van der Waals surface area contributed by atoms with Crippen molar-refractivity contribution in [1.82, 2.24) is 8.75 Å². The number of carboxylic acids is 1. The standard InChI is InChI=1S/C5H4N2O2S/c8-5(9)2-1-4-3-6-10-7-4/h1-3H,(H,8,9)/b2-1+. The molecule has 0 bridgehead atoms. The molecule has 52 valence electrons. The van der Waals surface area contributed by atoms with Gasteiger partial charge in [-0.1, -0.05) is 0 Å². The predicted molar refractivity (Wildman–Crippen MR) is 36.6 cm³/mol. The van der Waals surface area contributed by atoms with Crippen LogP contribution in [0.2, 0.25) is 0 Å². The summed E-state index contributed by atoms with van der Waals surface area (Å²) in [6, 6.07) is 0. The Morgan fingerprint density at radius 3 is 3.10 bits per heavy atom. The first-order valence-electron chi connectivity index (χ1n) is 2.47. The zero-order valence-electron chi connectivity index (χ0n) is 4.89. The molecule has 4 nitrogen and oxygen atoms in total. The molecule has 0 aliphatic carbocycles. The van der Waals surface area contributed by atoms with Crippen molar-refractivity contribution in [3.8, 4) is 0 Å². The Labute approximate surface area is 61.2 Å². The molecule has 0 atom stereocenters. The van der Waals surface area contributed by atoms with Gasteiger partial charge in [0, 0.05) is 6.08 Å². The van der Waals surface area contributed by atoms with E-state index in [0.29, 0.717) is 5.69 Å². The summed E-state index contributed by atoms with van der Waals surface area (Å²) in [5.41, 5.74) is 0.576. The van der Waals surface area contributed by atoms with Gasteiger partial charge in [-0.2, -0.15) is 8.75 Å². The third kappa shape index (κ3) is 1.94. The maximum atomic E-state index is 9.96. The normalized spacial score (nSPS) is 10.4. The van der Waals surface area contributed by atoms with Gasteiger partial charge in [-0.15, -0.1) is 0 Å². The molecule has 0 spiro atoms. The first-order chi connectivity index (χ1) is 4.79. The Morgan fingerprint density at radius 1 is 1.80 bits per heavy atom. The van der Waals surface area contributed by atoms with Crippen LogP contribution in [0.5, 0.6) is 0 Å². The molecule has 0 unspecified atom stereocenters. The molecule has 10 heavy (non-hydrogen) atoms. The van der Waals surface area contributed by atoms with Crippen LogP contribution in [0.3, 0.4) is 0 Å². The second-order valence-corrected chi connectivity index (χ2v) is 2.06. The van der Waals surface area contributed by atoms with Crippen molar-refractivity contribution in [2.45, 2.75) is 0 Å². The molecule has 1 aromatic rings. The Balaban J connectivity index is 2.64. The number of aliphatic carboxylic acids is 1. The van der Waals surface area contributed by atoms with E-state index < -0.39 is 5.97 Å². The smallest absolute Gasteiger partial charge is 0.328 e. The van der Waals surface area contributed by atoms with Gasteiger partial charge >= 0.3 is 5.97 Å². The van der Waals surface area contributed by atoms with E-state index in [-0.39, 0.29) is 0 Å². The number of rotatable bonds is 2. The van der Waals surface area contributed by atoms with Crippen molar-refractivity contribution in [1.29, 1.82) is 0 Å². The Kier molecular flexibility index (Phi) is 2.11. The molecule has 0 aromatic carbocycles. The first-order valence-corrected chi connectivity index (χ1v) is 3.20.